The second-order valence-corrected chi connectivity index (χ2v) is 7.38. The topological polar surface area (TPSA) is 108 Å². The molecule has 3 N–H and O–H groups in total. The van der Waals surface area contributed by atoms with E-state index in [1.165, 1.54) is 22.7 Å². The zero-order chi connectivity index (χ0) is 20.9. The maximum atomic E-state index is 12.3. The van der Waals surface area contributed by atoms with E-state index in [1.54, 1.807) is 36.4 Å². The Bertz CT molecular complexity index is 1140. The molecule has 0 fully saturated rings. The number of furan rings is 1. The molecular weight excluding hydrogens is 402 g/mol. The molecule has 8 nitrogen and oxygen atoms in total. The maximum absolute atomic E-state index is 12.3. The van der Waals surface area contributed by atoms with Crippen LogP contribution in [-0.4, -0.2) is 26.5 Å². The molecule has 0 radical (unpaired) electrons. The largest absolute Gasteiger partial charge is 0.461 e. The van der Waals surface area contributed by atoms with E-state index in [9.17, 15) is 4.79 Å². The van der Waals surface area contributed by atoms with Gasteiger partial charge in [-0.25, -0.2) is 4.68 Å². The third kappa shape index (κ3) is 4.64. The van der Waals surface area contributed by atoms with Gasteiger partial charge >= 0.3 is 0 Å². The van der Waals surface area contributed by atoms with Gasteiger partial charge in [0.25, 0.3) is 0 Å². The summed E-state index contributed by atoms with van der Waals surface area (Å²) in [6.45, 7) is 2.01. The lowest BCUT2D eigenvalue weighted by atomic mass is 10.2. The number of aryl methyl sites for hydroxylation is 1. The fourth-order valence-electron chi connectivity index (χ4n) is 2.70. The Labute approximate surface area is 177 Å². The highest BCUT2D eigenvalue weighted by molar-refractivity contribution is 7.99. The molecule has 152 valence electrons. The lowest BCUT2D eigenvalue weighted by Crippen LogP contribution is -2.16. The number of benzene rings is 2. The molecule has 0 aliphatic rings. The quantitative estimate of drug-likeness (QED) is 0.342. The van der Waals surface area contributed by atoms with Crippen molar-refractivity contribution in [2.75, 3.05) is 16.9 Å². The summed E-state index contributed by atoms with van der Waals surface area (Å²) >= 11 is 1.18. The molecule has 0 atom stereocenters. The Hall–Kier alpha value is -3.72. The fourth-order valence-corrected chi connectivity index (χ4v) is 3.35. The van der Waals surface area contributed by atoms with Gasteiger partial charge in [0.2, 0.25) is 16.9 Å². The van der Waals surface area contributed by atoms with Gasteiger partial charge in [0.05, 0.1) is 12.0 Å². The zero-order valence-corrected chi connectivity index (χ0v) is 16.9. The number of nitrogens with one attached hydrogen (secondary N) is 1. The number of hydrogen-bond acceptors (Lipinski definition) is 7. The number of nitrogens with zero attached hydrogens (tertiary/aromatic N) is 3. The number of nitrogen functional groups attached to an aromatic ring is 1. The van der Waals surface area contributed by atoms with Gasteiger partial charge in [-0.05, 0) is 61.0 Å². The number of rotatable bonds is 7. The van der Waals surface area contributed by atoms with E-state index >= 15 is 0 Å². The van der Waals surface area contributed by atoms with E-state index in [2.05, 4.69) is 15.5 Å². The molecule has 0 saturated carbocycles. The molecule has 2 aromatic carbocycles. The van der Waals surface area contributed by atoms with Crippen molar-refractivity contribution in [2.45, 2.75) is 12.1 Å². The van der Waals surface area contributed by atoms with E-state index in [0.717, 1.165) is 11.3 Å². The SMILES string of the molecule is Cc1cccc(Oc2ccc(NC(=O)CSc3nnc(-c4ccco4)n3N)cc2)c1. The van der Waals surface area contributed by atoms with Crippen LogP contribution in [-0.2, 0) is 4.79 Å². The molecule has 4 aromatic rings. The normalized spacial score (nSPS) is 10.7. The van der Waals surface area contributed by atoms with Crippen LogP contribution in [0.1, 0.15) is 5.56 Å². The van der Waals surface area contributed by atoms with Crippen molar-refractivity contribution in [3.63, 3.8) is 0 Å². The Kier molecular flexibility index (Phi) is 5.71. The van der Waals surface area contributed by atoms with Gasteiger partial charge in [0.15, 0.2) is 5.76 Å². The van der Waals surface area contributed by atoms with E-state index in [1.807, 2.05) is 31.2 Å². The standard InChI is InChI=1S/C21H19N5O3S/c1-14-4-2-5-17(12-14)29-16-9-7-15(8-10-16)23-19(27)13-30-21-25-24-20(26(21)22)18-6-3-11-28-18/h2-12H,13,22H2,1H3,(H,23,27). The van der Waals surface area contributed by atoms with Gasteiger partial charge in [-0.2, -0.15) is 0 Å². The number of amides is 1. The fraction of sp³-hybridized carbons (Fsp3) is 0.0952. The average molecular weight is 421 g/mol. The third-order valence-electron chi connectivity index (χ3n) is 4.10. The molecule has 30 heavy (non-hydrogen) atoms. The average Bonchev–Trinajstić information content (AvgIpc) is 3.38. The van der Waals surface area contributed by atoms with E-state index in [0.29, 0.717) is 28.2 Å². The minimum atomic E-state index is -0.185. The lowest BCUT2D eigenvalue weighted by Gasteiger charge is -2.08. The first kappa shape index (κ1) is 19.6. The molecule has 0 saturated heterocycles. The van der Waals surface area contributed by atoms with Crippen LogP contribution < -0.4 is 15.9 Å². The molecule has 0 spiro atoms. The number of carbonyl (C=O) groups is 1. The molecule has 1 amide bonds. The highest BCUT2D eigenvalue weighted by atomic mass is 32.2. The van der Waals surface area contributed by atoms with Crippen LogP contribution >= 0.6 is 11.8 Å². The van der Waals surface area contributed by atoms with Gasteiger partial charge in [-0.1, -0.05) is 23.9 Å². The van der Waals surface area contributed by atoms with Crippen molar-refractivity contribution in [3.8, 4) is 23.1 Å². The van der Waals surface area contributed by atoms with Gasteiger partial charge < -0.3 is 20.3 Å². The molecular formula is C21H19N5O3S. The van der Waals surface area contributed by atoms with Crippen LogP contribution in [0.4, 0.5) is 5.69 Å². The monoisotopic (exact) mass is 421 g/mol. The Morgan fingerprint density at radius 1 is 1.13 bits per heavy atom. The van der Waals surface area contributed by atoms with Crippen molar-refractivity contribution in [1.29, 1.82) is 0 Å². The van der Waals surface area contributed by atoms with Gasteiger partial charge in [0, 0.05) is 5.69 Å². The summed E-state index contributed by atoms with van der Waals surface area (Å²) in [5.41, 5.74) is 1.79. The molecule has 0 aliphatic carbocycles. The van der Waals surface area contributed by atoms with E-state index < -0.39 is 0 Å². The highest BCUT2D eigenvalue weighted by Crippen LogP contribution is 2.24. The molecule has 2 aromatic heterocycles. The highest BCUT2D eigenvalue weighted by Gasteiger charge is 2.15. The summed E-state index contributed by atoms with van der Waals surface area (Å²) in [4.78, 5) is 12.3. The molecule has 2 heterocycles. The first-order chi connectivity index (χ1) is 14.6. The first-order valence-electron chi connectivity index (χ1n) is 9.10. The van der Waals surface area contributed by atoms with Crippen molar-refractivity contribution < 1.29 is 13.9 Å². The Balaban J connectivity index is 1.31. The summed E-state index contributed by atoms with van der Waals surface area (Å²) in [6, 6.07) is 18.5. The second kappa shape index (κ2) is 8.75. The van der Waals surface area contributed by atoms with Crippen LogP contribution in [0.2, 0.25) is 0 Å². The number of nitrogens with two attached hydrogens (primary N) is 1. The molecule has 4 rings (SSSR count). The number of carbonyl (C=O) groups excluding carboxylic acids is 1. The van der Waals surface area contributed by atoms with Crippen LogP contribution in [0.5, 0.6) is 11.5 Å². The second-order valence-electron chi connectivity index (χ2n) is 6.43. The predicted molar refractivity (Wildman–Crippen MR) is 115 cm³/mol. The number of anilines is 1. The first-order valence-corrected chi connectivity index (χ1v) is 10.1. The van der Waals surface area contributed by atoms with Crippen LogP contribution in [0.25, 0.3) is 11.6 Å². The Morgan fingerprint density at radius 3 is 2.70 bits per heavy atom. The van der Waals surface area contributed by atoms with Crippen molar-refractivity contribution >= 4 is 23.4 Å². The lowest BCUT2D eigenvalue weighted by molar-refractivity contribution is -0.113. The maximum Gasteiger partial charge on any atom is 0.234 e. The molecule has 0 unspecified atom stereocenters. The summed E-state index contributed by atoms with van der Waals surface area (Å²) in [7, 11) is 0. The van der Waals surface area contributed by atoms with Gasteiger partial charge in [-0.3, -0.25) is 4.79 Å². The van der Waals surface area contributed by atoms with Crippen molar-refractivity contribution in [2.24, 2.45) is 0 Å². The van der Waals surface area contributed by atoms with Crippen molar-refractivity contribution in [1.82, 2.24) is 14.9 Å². The number of ether oxygens (including phenoxy) is 1. The van der Waals surface area contributed by atoms with E-state index in [4.69, 9.17) is 15.0 Å². The molecule has 0 bridgehead atoms. The van der Waals surface area contributed by atoms with Crippen LogP contribution in [0, 0.1) is 6.92 Å². The van der Waals surface area contributed by atoms with E-state index in [-0.39, 0.29) is 11.7 Å². The minimum Gasteiger partial charge on any atom is -0.461 e. The molecule has 9 heteroatoms. The summed E-state index contributed by atoms with van der Waals surface area (Å²) in [5, 5.41) is 11.2. The van der Waals surface area contributed by atoms with Gasteiger partial charge in [-0.15, -0.1) is 10.2 Å². The summed E-state index contributed by atoms with van der Waals surface area (Å²) in [5.74, 6) is 8.30. The predicted octanol–water partition coefficient (Wildman–Crippen LogP) is 4.08. The van der Waals surface area contributed by atoms with Gasteiger partial charge in [0.1, 0.15) is 11.5 Å². The number of hydrogen-bond donors (Lipinski definition) is 2. The summed E-state index contributed by atoms with van der Waals surface area (Å²) < 4.78 is 12.4. The Morgan fingerprint density at radius 2 is 1.97 bits per heavy atom. The molecule has 0 aliphatic heterocycles. The van der Waals surface area contributed by atoms with Crippen LogP contribution in [0.15, 0.2) is 76.5 Å². The third-order valence-corrected chi connectivity index (χ3v) is 5.04. The number of thioether (sulfide) groups is 1. The van der Waals surface area contributed by atoms with Crippen molar-refractivity contribution in [3.05, 3.63) is 72.5 Å². The minimum absolute atomic E-state index is 0.134. The van der Waals surface area contributed by atoms with Crippen LogP contribution in [0.3, 0.4) is 0 Å². The number of aromatic nitrogens is 3. The summed E-state index contributed by atoms with van der Waals surface area (Å²) in [6.07, 6.45) is 1.53. The zero-order valence-electron chi connectivity index (χ0n) is 16.1. The smallest absolute Gasteiger partial charge is 0.234 e.